The topological polar surface area (TPSA) is 46.2 Å². The Morgan fingerprint density at radius 1 is 1.43 bits per heavy atom. The molecule has 0 heterocycles. The van der Waals surface area contributed by atoms with Gasteiger partial charge in [-0.15, -0.1) is 0 Å². The van der Waals surface area contributed by atoms with Gasteiger partial charge in [-0.1, -0.05) is 12.5 Å². The van der Waals surface area contributed by atoms with Gasteiger partial charge >= 0.3 is 0 Å². The van der Waals surface area contributed by atoms with Gasteiger partial charge in [0.2, 0.25) is 0 Å². The minimum atomic E-state index is 0.107. The first-order valence-corrected chi connectivity index (χ1v) is 5.23. The maximum absolute atomic E-state index is 9.40. The van der Waals surface area contributed by atoms with Crippen LogP contribution in [0.15, 0.2) is 18.2 Å². The molecule has 1 aliphatic rings. The second kappa shape index (κ2) is 3.62. The molecule has 2 nitrogen and oxygen atoms in total. The predicted molar refractivity (Wildman–Crippen MR) is 57.1 cm³/mol. The molecular formula is C12H17NO. The summed E-state index contributed by atoms with van der Waals surface area (Å²) in [5.74, 6) is 0.941. The molecule has 0 unspecified atom stereocenters. The maximum atomic E-state index is 9.40. The summed E-state index contributed by atoms with van der Waals surface area (Å²) in [4.78, 5) is 0. The van der Waals surface area contributed by atoms with Gasteiger partial charge in [0.25, 0.3) is 0 Å². The lowest BCUT2D eigenvalue weighted by Crippen LogP contribution is -2.27. The molecule has 0 saturated heterocycles. The van der Waals surface area contributed by atoms with Crippen molar-refractivity contribution in [2.45, 2.75) is 32.2 Å². The lowest BCUT2D eigenvalue weighted by molar-refractivity contribution is 0.263. The van der Waals surface area contributed by atoms with Gasteiger partial charge in [-0.25, -0.2) is 0 Å². The third-order valence-electron chi connectivity index (χ3n) is 3.28. The van der Waals surface area contributed by atoms with E-state index in [0.29, 0.717) is 11.7 Å². The van der Waals surface area contributed by atoms with E-state index in [1.54, 1.807) is 12.1 Å². The summed E-state index contributed by atoms with van der Waals surface area (Å²) in [6.07, 6.45) is 3.77. The Bertz CT molecular complexity index is 331. The summed E-state index contributed by atoms with van der Waals surface area (Å²) < 4.78 is 0. The molecule has 76 valence electrons. The maximum Gasteiger partial charge on any atom is 0.115 e. The summed E-state index contributed by atoms with van der Waals surface area (Å²) >= 11 is 0. The lowest BCUT2D eigenvalue weighted by atomic mass is 9.77. The van der Waals surface area contributed by atoms with Gasteiger partial charge in [-0.2, -0.15) is 0 Å². The van der Waals surface area contributed by atoms with Crippen LogP contribution >= 0.6 is 0 Å². The molecule has 0 radical (unpaired) electrons. The third kappa shape index (κ3) is 1.62. The number of phenolic OH excluding ortho intramolecular Hbond substituents is 1. The van der Waals surface area contributed by atoms with Crippen LogP contribution in [0.2, 0.25) is 0 Å². The molecular weight excluding hydrogens is 174 g/mol. The van der Waals surface area contributed by atoms with Gasteiger partial charge < -0.3 is 10.8 Å². The summed E-state index contributed by atoms with van der Waals surface area (Å²) in [6.45, 7) is 2.05. The molecule has 0 amide bonds. The number of phenols is 1. The van der Waals surface area contributed by atoms with Crippen LogP contribution in [0.25, 0.3) is 0 Å². The van der Waals surface area contributed by atoms with E-state index >= 15 is 0 Å². The number of hydrogen-bond acceptors (Lipinski definition) is 2. The fourth-order valence-corrected chi connectivity index (χ4v) is 2.04. The van der Waals surface area contributed by atoms with E-state index in [4.69, 9.17) is 5.73 Å². The highest BCUT2D eigenvalue weighted by atomic mass is 16.3. The number of hydrogen-bond donors (Lipinski definition) is 2. The second-order valence-electron chi connectivity index (χ2n) is 4.26. The van der Waals surface area contributed by atoms with Crippen LogP contribution in [0.1, 0.15) is 36.4 Å². The summed E-state index contributed by atoms with van der Waals surface area (Å²) in [5.41, 5.74) is 8.45. The smallest absolute Gasteiger partial charge is 0.115 e. The van der Waals surface area contributed by atoms with Crippen LogP contribution in [0, 0.1) is 12.8 Å². The van der Waals surface area contributed by atoms with E-state index < -0.39 is 0 Å². The minimum Gasteiger partial charge on any atom is -0.508 e. The van der Waals surface area contributed by atoms with Crippen LogP contribution in [0.3, 0.4) is 0 Å². The third-order valence-corrected chi connectivity index (χ3v) is 3.28. The molecule has 1 fully saturated rings. The number of rotatable bonds is 2. The van der Waals surface area contributed by atoms with Gasteiger partial charge in [-0.05, 0) is 48.9 Å². The van der Waals surface area contributed by atoms with Crippen molar-refractivity contribution < 1.29 is 5.11 Å². The predicted octanol–water partition coefficient (Wildman–Crippen LogP) is 2.50. The van der Waals surface area contributed by atoms with Crippen LogP contribution in [0.4, 0.5) is 0 Å². The lowest BCUT2D eigenvalue weighted by Gasteiger charge is -2.32. The molecule has 2 heteroatoms. The molecule has 1 aliphatic carbocycles. The van der Waals surface area contributed by atoms with E-state index in [9.17, 15) is 5.11 Å². The first-order valence-electron chi connectivity index (χ1n) is 5.23. The zero-order valence-corrected chi connectivity index (χ0v) is 8.53. The number of aryl methyl sites for hydroxylation is 1. The van der Waals surface area contributed by atoms with Gasteiger partial charge in [0, 0.05) is 6.04 Å². The standard InChI is InChI=1S/C12H17NO/c1-8-5-6-10(14)7-11(8)12(13)9-3-2-4-9/h5-7,9,12,14H,2-4,13H2,1H3/t12-/m1/s1. The number of aromatic hydroxyl groups is 1. The van der Waals surface area contributed by atoms with Crippen molar-refractivity contribution >= 4 is 0 Å². The van der Waals surface area contributed by atoms with Crippen LogP contribution in [-0.4, -0.2) is 5.11 Å². The van der Waals surface area contributed by atoms with Gasteiger partial charge in [-0.3, -0.25) is 0 Å². The van der Waals surface area contributed by atoms with Crippen LogP contribution in [-0.2, 0) is 0 Å². The van der Waals surface area contributed by atoms with E-state index in [0.717, 1.165) is 5.56 Å². The molecule has 2 rings (SSSR count). The molecule has 1 aromatic rings. The summed E-state index contributed by atoms with van der Waals surface area (Å²) in [7, 11) is 0. The summed E-state index contributed by atoms with van der Waals surface area (Å²) in [5, 5.41) is 9.40. The van der Waals surface area contributed by atoms with Gasteiger partial charge in [0.15, 0.2) is 0 Å². The Kier molecular flexibility index (Phi) is 2.46. The number of benzene rings is 1. The molecule has 0 spiro atoms. The van der Waals surface area contributed by atoms with Crippen molar-refractivity contribution in [2.75, 3.05) is 0 Å². The average molecular weight is 191 g/mol. The Hall–Kier alpha value is -1.02. The highest BCUT2D eigenvalue weighted by Gasteiger charge is 2.26. The average Bonchev–Trinajstić information content (AvgIpc) is 2.06. The van der Waals surface area contributed by atoms with Crippen molar-refractivity contribution in [2.24, 2.45) is 11.7 Å². The second-order valence-corrected chi connectivity index (χ2v) is 4.26. The quantitative estimate of drug-likeness (QED) is 0.754. The number of nitrogens with two attached hydrogens (primary N) is 1. The minimum absolute atomic E-state index is 0.107. The van der Waals surface area contributed by atoms with Gasteiger partial charge in [0.05, 0.1) is 0 Å². The van der Waals surface area contributed by atoms with Crippen LogP contribution < -0.4 is 5.73 Å². The van der Waals surface area contributed by atoms with Crippen molar-refractivity contribution in [1.29, 1.82) is 0 Å². The fraction of sp³-hybridized carbons (Fsp3) is 0.500. The highest BCUT2D eigenvalue weighted by Crippen LogP contribution is 2.37. The van der Waals surface area contributed by atoms with E-state index in [1.807, 2.05) is 13.0 Å². The molecule has 3 N–H and O–H groups in total. The highest BCUT2D eigenvalue weighted by molar-refractivity contribution is 5.36. The van der Waals surface area contributed by atoms with Crippen molar-refractivity contribution in [1.82, 2.24) is 0 Å². The van der Waals surface area contributed by atoms with E-state index in [-0.39, 0.29) is 6.04 Å². The fourth-order valence-electron chi connectivity index (χ4n) is 2.04. The van der Waals surface area contributed by atoms with Crippen molar-refractivity contribution in [3.8, 4) is 5.75 Å². The Morgan fingerprint density at radius 3 is 2.71 bits per heavy atom. The first-order chi connectivity index (χ1) is 6.68. The molecule has 0 bridgehead atoms. The molecule has 1 atom stereocenters. The Morgan fingerprint density at radius 2 is 2.14 bits per heavy atom. The molecule has 1 saturated carbocycles. The molecule has 1 aromatic carbocycles. The van der Waals surface area contributed by atoms with Crippen molar-refractivity contribution in [3.05, 3.63) is 29.3 Å². The molecule has 0 aromatic heterocycles. The Labute approximate surface area is 84.7 Å². The zero-order chi connectivity index (χ0) is 10.1. The monoisotopic (exact) mass is 191 g/mol. The first kappa shape index (κ1) is 9.53. The van der Waals surface area contributed by atoms with Crippen LogP contribution in [0.5, 0.6) is 5.75 Å². The molecule has 14 heavy (non-hydrogen) atoms. The van der Waals surface area contributed by atoms with Crippen molar-refractivity contribution in [3.63, 3.8) is 0 Å². The molecule has 0 aliphatic heterocycles. The van der Waals surface area contributed by atoms with Gasteiger partial charge in [0.1, 0.15) is 5.75 Å². The van der Waals surface area contributed by atoms with E-state index in [2.05, 4.69) is 0 Å². The summed E-state index contributed by atoms with van der Waals surface area (Å²) in [6, 6.07) is 5.56. The normalized spacial score (nSPS) is 19.0. The Balaban J connectivity index is 2.24. The SMILES string of the molecule is Cc1ccc(O)cc1[C@H](N)C1CCC1. The van der Waals surface area contributed by atoms with E-state index in [1.165, 1.54) is 24.8 Å². The largest absolute Gasteiger partial charge is 0.508 e. The zero-order valence-electron chi connectivity index (χ0n) is 8.53.